The molecule has 706 valence electrons. The molecule has 35 heteroatoms. The molecule has 0 aliphatic carbocycles. The number of halogens is 1. The molecule has 3 amide bonds. The van der Waals surface area contributed by atoms with Gasteiger partial charge in [0, 0.05) is 225 Å². The van der Waals surface area contributed by atoms with E-state index in [0.29, 0.717) is 173 Å². The third-order valence-electron chi connectivity index (χ3n) is 23.9. The Balaban J connectivity index is 0.000000151. The van der Waals surface area contributed by atoms with Crippen LogP contribution in [0.2, 0.25) is 0 Å². The Hall–Kier alpha value is -13.0. The van der Waals surface area contributed by atoms with Gasteiger partial charge in [0.1, 0.15) is 5.82 Å². The smallest absolute Gasteiger partial charge is 0.409 e. The zero-order valence-electron chi connectivity index (χ0n) is 76.4. The van der Waals surface area contributed by atoms with E-state index in [0.717, 1.165) is 157 Å². The number of carbonyl (C=O) groups is 6. The monoisotopic (exact) mass is 1850 g/mol. The van der Waals surface area contributed by atoms with Crippen LogP contribution in [0.25, 0.3) is 0 Å². The number of sulfonamides is 2. The van der Waals surface area contributed by atoms with Crippen molar-refractivity contribution in [1.29, 1.82) is 0 Å². The quantitative estimate of drug-likeness (QED) is 0.0189. The van der Waals surface area contributed by atoms with Gasteiger partial charge >= 0.3 is 12.1 Å². The van der Waals surface area contributed by atoms with Crippen LogP contribution in [0.1, 0.15) is 117 Å². The van der Waals surface area contributed by atoms with E-state index < -0.39 is 25.9 Å². The van der Waals surface area contributed by atoms with Crippen LogP contribution in [-0.4, -0.2) is 277 Å². The number of rotatable bonds is 30. The minimum atomic E-state index is -3.14. The fraction of sp³-hybridized carbons (Fsp3) is 0.408. The third kappa shape index (κ3) is 29.3. The maximum Gasteiger partial charge on any atom is 0.409 e. The molecule has 0 atom stereocenters. The predicted molar refractivity (Wildman–Crippen MR) is 528 cm³/mol. The molecule has 8 aromatic carbocycles. The van der Waals surface area contributed by atoms with E-state index in [1.807, 2.05) is 181 Å². The number of guanidine groups is 4. The van der Waals surface area contributed by atoms with E-state index in [-0.39, 0.29) is 53.0 Å². The first kappa shape index (κ1) is 97.5. The van der Waals surface area contributed by atoms with E-state index in [1.165, 1.54) is 16.6 Å². The Kier molecular flexibility index (Phi) is 35.5. The number of Topliss-reactive ketones (excluding diaryl/α,β-unsaturated/α-hetero) is 4. The number of hydrogen-bond acceptors (Lipinski definition) is 27. The number of hydrogen-bond donors (Lipinski definition) is 9. The molecular formula is C98H124FN21O11S2. The van der Waals surface area contributed by atoms with Crippen LogP contribution in [0.4, 0.5) is 59.5 Å². The summed E-state index contributed by atoms with van der Waals surface area (Å²) in [5.41, 5.74) is 14.3. The first-order valence-corrected chi connectivity index (χ1v) is 49.6. The van der Waals surface area contributed by atoms with Crippen LogP contribution >= 0.6 is 0 Å². The summed E-state index contributed by atoms with van der Waals surface area (Å²) in [6.07, 6.45) is 5.80. The van der Waals surface area contributed by atoms with Crippen LogP contribution < -0.4 is 67.5 Å². The van der Waals surface area contributed by atoms with E-state index >= 15 is 0 Å². The summed E-state index contributed by atoms with van der Waals surface area (Å²) < 4.78 is 70.7. The van der Waals surface area contributed by atoms with Crippen LogP contribution in [0.3, 0.4) is 0 Å². The Morgan fingerprint density at radius 2 is 0.684 bits per heavy atom. The van der Waals surface area contributed by atoms with Gasteiger partial charge < -0.3 is 82.0 Å². The summed E-state index contributed by atoms with van der Waals surface area (Å²) in [7, 11) is -6.28. The number of piperazine rings is 4. The summed E-state index contributed by atoms with van der Waals surface area (Å²) in [4.78, 5) is 104. The topological polar surface area (TPSA) is 364 Å². The lowest BCUT2D eigenvalue weighted by atomic mass is 10.0. The summed E-state index contributed by atoms with van der Waals surface area (Å²) >= 11 is 0. The van der Waals surface area contributed by atoms with Gasteiger partial charge in [0.05, 0.1) is 50.4 Å². The lowest BCUT2D eigenvalue weighted by Crippen LogP contribution is -2.51. The molecule has 8 aliphatic heterocycles. The highest BCUT2D eigenvalue weighted by Gasteiger charge is 2.30. The molecule has 8 heterocycles. The van der Waals surface area contributed by atoms with E-state index in [2.05, 4.69) is 94.7 Å². The Bertz CT molecular complexity index is 5590. The maximum absolute atomic E-state index is 14.8. The van der Waals surface area contributed by atoms with Crippen LogP contribution in [0, 0.1) is 5.82 Å². The van der Waals surface area contributed by atoms with E-state index in [9.17, 15) is 50.0 Å². The van der Waals surface area contributed by atoms with Crippen LogP contribution in [0.5, 0.6) is 0 Å². The second kappa shape index (κ2) is 48.4. The van der Waals surface area contributed by atoms with Crippen molar-refractivity contribution in [2.24, 2.45) is 20.0 Å². The number of benzene rings is 8. The minimum Gasteiger partial charge on any atom is -0.450 e. The largest absolute Gasteiger partial charge is 0.450 e. The van der Waals surface area contributed by atoms with Gasteiger partial charge in [-0.05, 0) is 208 Å². The molecule has 9 N–H and O–H groups in total. The maximum atomic E-state index is 14.8. The van der Waals surface area contributed by atoms with Crippen molar-refractivity contribution in [2.75, 3.05) is 223 Å². The van der Waals surface area contributed by atoms with Gasteiger partial charge in [-0.2, -0.15) is 8.61 Å². The number of ether oxygens (including phenoxy) is 1. The SMILES string of the molecule is CCCS(=O)(=O)N1CCN(c2ccc(C(=O)CCc3ccc(NC4=NCCN4)cc3)cc2)CC1.CCNC(=O)N1CCN(c2ccc(C(=O)CCc3ccc(NC4=NCCN4)cc3)cc2)CC1.CCOC(=O)N1CCN(c2ccc(C(=O)CCc3ccc(NC4=NCCN4)cc3)c(F)c2)CC1.CS(=O)(=O)N1CCN(c2ccc(C(=O)CCc3ccc(NC4=NCCN4)cc3)cc2)CC1. The number of carbonyl (C=O) groups excluding carboxylic acids is 6. The van der Waals surface area contributed by atoms with Gasteiger partial charge in [-0.15, -0.1) is 0 Å². The van der Waals surface area contributed by atoms with Gasteiger partial charge in [0.2, 0.25) is 20.0 Å². The fourth-order valence-corrected chi connectivity index (χ4v) is 18.6. The summed E-state index contributed by atoms with van der Waals surface area (Å²) in [5, 5.41) is 28.5. The number of anilines is 8. The van der Waals surface area contributed by atoms with Gasteiger partial charge in [0.15, 0.2) is 47.0 Å². The van der Waals surface area contributed by atoms with Crippen LogP contribution in [-0.2, 0) is 50.5 Å². The summed E-state index contributed by atoms with van der Waals surface area (Å²) in [6, 6.07) is 60.0. The summed E-state index contributed by atoms with van der Waals surface area (Å²) in [5.74, 6) is 3.03. The number of amides is 3. The van der Waals surface area contributed by atoms with Crippen molar-refractivity contribution in [3.8, 4) is 0 Å². The molecule has 4 saturated heterocycles. The summed E-state index contributed by atoms with van der Waals surface area (Å²) in [6.45, 7) is 22.9. The first-order chi connectivity index (χ1) is 64.5. The molecule has 4 fully saturated rings. The first-order valence-electron chi connectivity index (χ1n) is 46.2. The number of urea groups is 1. The highest BCUT2D eigenvalue weighted by Crippen LogP contribution is 2.28. The van der Waals surface area contributed by atoms with Crippen molar-refractivity contribution in [2.45, 2.75) is 78.6 Å². The molecule has 0 radical (unpaired) electrons. The number of nitrogens with zero attached hydrogens (tertiary/aromatic N) is 12. The molecule has 0 saturated carbocycles. The van der Waals surface area contributed by atoms with Gasteiger partial charge in [-0.1, -0.05) is 55.5 Å². The fourth-order valence-electron chi connectivity index (χ4n) is 16.3. The highest BCUT2D eigenvalue weighted by atomic mass is 32.2. The molecule has 8 aromatic rings. The number of nitrogens with one attached hydrogen (secondary N) is 9. The predicted octanol–water partition coefficient (Wildman–Crippen LogP) is 10.7. The Morgan fingerprint density at radius 1 is 0.376 bits per heavy atom. The van der Waals surface area contributed by atoms with Gasteiger partial charge in [-0.25, -0.2) is 30.8 Å². The molecular weight excluding hydrogens is 1730 g/mol. The average Bonchev–Trinajstić information content (AvgIpc) is 1.76. The lowest BCUT2D eigenvalue weighted by Gasteiger charge is -2.36. The molecule has 133 heavy (non-hydrogen) atoms. The Morgan fingerprint density at radius 3 is 0.985 bits per heavy atom. The molecule has 32 nitrogen and oxygen atoms in total. The number of aryl methyl sites for hydroxylation is 4. The van der Waals surface area contributed by atoms with E-state index in [4.69, 9.17) is 4.74 Å². The molecule has 0 bridgehead atoms. The second-order valence-corrected chi connectivity index (χ2v) is 37.3. The number of aliphatic imine (C=N–C) groups is 4. The highest BCUT2D eigenvalue weighted by molar-refractivity contribution is 7.89. The normalized spacial score (nSPS) is 16.2. The average molecular weight is 1860 g/mol. The van der Waals surface area contributed by atoms with Gasteiger partial charge in [-0.3, -0.25) is 39.1 Å². The van der Waals surface area contributed by atoms with Crippen molar-refractivity contribution < 1.29 is 54.7 Å². The lowest BCUT2D eigenvalue weighted by molar-refractivity contribution is 0.0971. The standard InChI is InChI=1S/C25H30FN5O3.C25H32N6O2.C25H33N5O3S.C23H29N5O3S/c1-2-34-25(33)31-15-13-30(14-16-31)20-8-9-21(22(26)17-20)23(32)10-5-18-3-6-19(7-4-18)29-24-27-11-12-28-24;1-2-26-25(33)31-17-15-30(16-18-31)22-10-6-20(7-11-22)23(32)12-5-19-3-8-21(9-4-19)29-24-27-13-14-28-24;1-2-19-34(32,33)30-17-15-29(16-18-30)23-10-6-21(7-11-23)24(31)12-5-20-3-8-22(9-4-20)28-25-26-13-14-27-25;1-32(30,31)28-16-14-27(15-17-28)21-9-5-19(6-10-21)22(29)11-4-18-2-7-20(8-3-18)26-23-24-12-13-25-23/h3-4,6-9,17H,2,5,10-16H2,1H3,(H2,27,28,29);3-4,6-11H,2,5,12-18H2,1H3,(H,26,33)(H2,27,28,29);3-4,6-11H,2,5,12-19H2,1H3,(H2,26,27,28);2-3,5-10H,4,11-17H2,1H3,(H2,24,25,26). The van der Waals surface area contributed by atoms with Gasteiger partial charge in [0.25, 0.3) is 0 Å². The zero-order chi connectivity index (χ0) is 93.5. The van der Waals surface area contributed by atoms with Crippen LogP contribution in [0.15, 0.2) is 208 Å². The minimum absolute atomic E-state index is 0.00391. The molecule has 0 aromatic heterocycles. The van der Waals surface area contributed by atoms with E-state index in [1.54, 1.807) is 28.3 Å². The molecule has 8 aliphatic rings. The van der Waals surface area contributed by atoms with Crippen molar-refractivity contribution in [3.05, 3.63) is 238 Å². The zero-order valence-corrected chi connectivity index (χ0v) is 78.0. The van der Waals surface area contributed by atoms with Crippen molar-refractivity contribution in [1.82, 2.24) is 45.0 Å². The molecule has 16 rings (SSSR count). The second-order valence-electron chi connectivity index (χ2n) is 33.2. The third-order valence-corrected chi connectivity index (χ3v) is 27.3. The number of ketones is 4. The van der Waals surface area contributed by atoms with Crippen molar-refractivity contribution in [3.63, 3.8) is 0 Å². The molecule has 0 unspecified atom stereocenters. The Labute approximate surface area is 779 Å². The van der Waals surface area contributed by atoms with Crippen molar-refractivity contribution >= 4 is 125 Å². The molecule has 0 spiro atoms.